The van der Waals surface area contributed by atoms with E-state index in [9.17, 15) is 9.18 Å². The summed E-state index contributed by atoms with van der Waals surface area (Å²) in [4.78, 5) is 13.8. The van der Waals surface area contributed by atoms with Gasteiger partial charge in [-0.15, -0.1) is 0 Å². The zero-order valence-electron chi connectivity index (χ0n) is 12.2. The van der Waals surface area contributed by atoms with Crippen LogP contribution in [0.2, 0.25) is 0 Å². The molecule has 1 heterocycles. The van der Waals surface area contributed by atoms with Gasteiger partial charge >= 0.3 is 0 Å². The fraction of sp³-hybridized carbons (Fsp3) is 0.235. The number of carbonyl (C=O) groups is 1. The number of hydrogen-bond acceptors (Lipinski definition) is 3. The van der Waals surface area contributed by atoms with Crippen LogP contribution in [0.15, 0.2) is 48.5 Å². The van der Waals surface area contributed by atoms with Gasteiger partial charge in [0.1, 0.15) is 17.6 Å². The van der Waals surface area contributed by atoms with E-state index < -0.39 is 6.04 Å². The minimum Gasteiger partial charge on any atom is -0.497 e. The van der Waals surface area contributed by atoms with Crippen molar-refractivity contribution in [3.8, 4) is 5.75 Å². The molecule has 2 aromatic rings. The summed E-state index contributed by atoms with van der Waals surface area (Å²) in [5.41, 5.74) is 7.77. The molecule has 114 valence electrons. The van der Waals surface area contributed by atoms with Gasteiger partial charge < -0.3 is 15.4 Å². The molecular formula is C17H17FN2O2. The summed E-state index contributed by atoms with van der Waals surface area (Å²) in [6.45, 7) is 0.411. The molecule has 5 heteroatoms. The molecule has 4 nitrogen and oxygen atoms in total. The van der Waals surface area contributed by atoms with E-state index in [-0.39, 0.29) is 17.8 Å². The van der Waals surface area contributed by atoms with E-state index in [0.717, 1.165) is 16.9 Å². The number of rotatable bonds is 4. The maximum atomic E-state index is 13.0. The Morgan fingerprint density at radius 1 is 1.23 bits per heavy atom. The number of nitrogens with two attached hydrogens (primary N) is 1. The number of methoxy groups -OCH3 is 1. The Labute approximate surface area is 128 Å². The molecule has 1 fully saturated rings. The zero-order chi connectivity index (χ0) is 15.7. The molecular weight excluding hydrogens is 283 g/mol. The third-order valence-electron chi connectivity index (χ3n) is 3.95. The van der Waals surface area contributed by atoms with Crippen molar-refractivity contribution in [2.24, 2.45) is 5.73 Å². The molecule has 2 N–H and O–H groups in total. The maximum Gasteiger partial charge on any atom is 0.242 e. The number of nitrogens with zero attached hydrogens (tertiary/aromatic N) is 1. The normalized spacial score (nSPS) is 20.7. The highest BCUT2D eigenvalue weighted by atomic mass is 19.1. The van der Waals surface area contributed by atoms with Gasteiger partial charge in [-0.1, -0.05) is 24.3 Å². The average Bonchev–Trinajstić information content (AvgIpc) is 2.56. The Kier molecular flexibility index (Phi) is 3.81. The minimum atomic E-state index is -0.549. The van der Waals surface area contributed by atoms with Crippen molar-refractivity contribution in [1.29, 1.82) is 0 Å². The smallest absolute Gasteiger partial charge is 0.242 e. The lowest BCUT2D eigenvalue weighted by molar-refractivity contribution is -0.150. The van der Waals surface area contributed by atoms with Crippen molar-refractivity contribution in [2.45, 2.75) is 18.6 Å². The standard InChI is InChI=1S/C17H17FN2O2/c1-22-14-4-2-3-12(9-14)16-15(19)17(21)20(16)10-11-5-7-13(18)8-6-11/h2-9,15-16H,10,19H2,1H3. The Balaban J connectivity index is 1.83. The second-order valence-corrected chi connectivity index (χ2v) is 5.34. The maximum absolute atomic E-state index is 13.0. The van der Waals surface area contributed by atoms with Gasteiger partial charge in [-0.2, -0.15) is 0 Å². The summed E-state index contributed by atoms with van der Waals surface area (Å²) in [5.74, 6) is 0.336. The lowest BCUT2D eigenvalue weighted by Gasteiger charge is -2.45. The second-order valence-electron chi connectivity index (χ2n) is 5.34. The van der Waals surface area contributed by atoms with E-state index in [1.54, 1.807) is 24.1 Å². The van der Waals surface area contributed by atoms with Crippen LogP contribution >= 0.6 is 0 Å². The lowest BCUT2D eigenvalue weighted by Crippen LogP contribution is -2.62. The molecule has 1 amide bonds. The van der Waals surface area contributed by atoms with E-state index in [4.69, 9.17) is 10.5 Å². The number of halogens is 1. The number of ether oxygens (including phenoxy) is 1. The predicted molar refractivity (Wildman–Crippen MR) is 80.7 cm³/mol. The van der Waals surface area contributed by atoms with Gasteiger partial charge in [-0.25, -0.2) is 4.39 Å². The predicted octanol–water partition coefficient (Wildman–Crippen LogP) is 2.25. The molecule has 2 unspecified atom stereocenters. The Bertz CT molecular complexity index is 687. The third-order valence-corrected chi connectivity index (χ3v) is 3.95. The largest absolute Gasteiger partial charge is 0.497 e. The fourth-order valence-electron chi connectivity index (χ4n) is 2.75. The van der Waals surface area contributed by atoms with Crippen molar-refractivity contribution in [1.82, 2.24) is 4.90 Å². The molecule has 0 aromatic heterocycles. The highest BCUT2D eigenvalue weighted by Gasteiger charge is 2.45. The van der Waals surface area contributed by atoms with Gasteiger partial charge in [0.25, 0.3) is 0 Å². The fourth-order valence-corrected chi connectivity index (χ4v) is 2.75. The van der Waals surface area contributed by atoms with Gasteiger partial charge in [-0.3, -0.25) is 4.79 Å². The topological polar surface area (TPSA) is 55.6 Å². The first-order chi connectivity index (χ1) is 10.6. The number of hydrogen-bond donors (Lipinski definition) is 1. The molecule has 0 bridgehead atoms. The highest BCUT2D eigenvalue weighted by Crippen LogP contribution is 2.36. The van der Waals surface area contributed by atoms with Gasteiger partial charge in [0.15, 0.2) is 0 Å². The van der Waals surface area contributed by atoms with Gasteiger partial charge in [0, 0.05) is 6.54 Å². The summed E-state index contributed by atoms with van der Waals surface area (Å²) in [6, 6.07) is 12.9. The molecule has 0 saturated carbocycles. The second kappa shape index (κ2) is 5.77. The number of amides is 1. The van der Waals surface area contributed by atoms with Crippen LogP contribution in [0.3, 0.4) is 0 Å². The van der Waals surface area contributed by atoms with Crippen LogP contribution in [-0.2, 0) is 11.3 Å². The molecule has 0 aliphatic carbocycles. The summed E-state index contributed by atoms with van der Waals surface area (Å²) in [5, 5.41) is 0. The van der Waals surface area contributed by atoms with E-state index in [0.29, 0.717) is 6.54 Å². The molecule has 0 radical (unpaired) electrons. The van der Waals surface area contributed by atoms with Gasteiger partial charge in [0.2, 0.25) is 5.91 Å². The zero-order valence-corrected chi connectivity index (χ0v) is 12.2. The number of benzene rings is 2. The van der Waals surface area contributed by atoms with Crippen molar-refractivity contribution in [3.63, 3.8) is 0 Å². The van der Waals surface area contributed by atoms with Crippen LogP contribution in [0.1, 0.15) is 17.2 Å². The van der Waals surface area contributed by atoms with Crippen LogP contribution in [-0.4, -0.2) is 24.0 Å². The molecule has 2 atom stereocenters. The molecule has 22 heavy (non-hydrogen) atoms. The van der Waals surface area contributed by atoms with Crippen molar-refractivity contribution in [3.05, 3.63) is 65.5 Å². The van der Waals surface area contributed by atoms with Crippen molar-refractivity contribution < 1.29 is 13.9 Å². The Morgan fingerprint density at radius 2 is 1.95 bits per heavy atom. The van der Waals surface area contributed by atoms with Crippen LogP contribution in [0.4, 0.5) is 4.39 Å². The first-order valence-corrected chi connectivity index (χ1v) is 7.04. The van der Waals surface area contributed by atoms with Crippen molar-refractivity contribution >= 4 is 5.91 Å². The number of likely N-dealkylation sites (tertiary alicyclic amines) is 1. The highest BCUT2D eigenvalue weighted by molar-refractivity contribution is 5.89. The van der Waals surface area contributed by atoms with Gasteiger partial charge in [0.05, 0.1) is 13.2 Å². The van der Waals surface area contributed by atoms with Crippen molar-refractivity contribution in [2.75, 3.05) is 7.11 Å². The van der Waals surface area contributed by atoms with Gasteiger partial charge in [-0.05, 0) is 35.4 Å². The summed E-state index contributed by atoms with van der Waals surface area (Å²) < 4.78 is 18.2. The first-order valence-electron chi connectivity index (χ1n) is 7.04. The van der Waals surface area contributed by atoms with E-state index in [1.807, 2.05) is 24.3 Å². The first kappa shape index (κ1) is 14.5. The van der Waals surface area contributed by atoms with E-state index in [2.05, 4.69) is 0 Å². The van der Waals surface area contributed by atoms with E-state index >= 15 is 0 Å². The molecule has 3 rings (SSSR count). The lowest BCUT2D eigenvalue weighted by atomic mass is 9.88. The molecule has 1 aliphatic heterocycles. The summed E-state index contributed by atoms with van der Waals surface area (Å²) in [7, 11) is 1.60. The number of β-lactam (4-membered cyclic amide) rings is 1. The number of carbonyl (C=O) groups excluding carboxylic acids is 1. The minimum absolute atomic E-state index is 0.0999. The molecule has 0 spiro atoms. The molecule has 1 saturated heterocycles. The van der Waals surface area contributed by atoms with Crippen LogP contribution < -0.4 is 10.5 Å². The molecule has 1 aliphatic rings. The average molecular weight is 300 g/mol. The van der Waals surface area contributed by atoms with Crippen LogP contribution in [0.25, 0.3) is 0 Å². The molecule has 2 aromatic carbocycles. The third kappa shape index (κ3) is 2.55. The quantitative estimate of drug-likeness (QED) is 0.881. The van der Waals surface area contributed by atoms with Crippen LogP contribution in [0.5, 0.6) is 5.75 Å². The SMILES string of the molecule is COc1cccc(C2C(N)C(=O)N2Cc2ccc(F)cc2)c1. The Morgan fingerprint density at radius 3 is 2.64 bits per heavy atom. The summed E-state index contributed by atoms with van der Waals surface area (Å²) >= 11 is 0. The monoisotopic (exact) mass is 300 g/mol. The van der Waals surface area contributed by atoms with E-state index in [1.165, 1.54) is 12.1 Å². The van der Waals surface area contributed by atoms with Crippen LogP contribution in [0, 0.1) is 5.82 Å². The Hall–Kier alpha value is -2.40. The summed E-state index contributed by atoms with van der Waals surface area (Å²) in [6.07, 6.45) is 0.